The second-order valence-corrected chi connectivity index (χ2v) is 6.21. The molecule has 0 radical (unpaired) electrons. The van der Waals surface area contributed by atoms with E-state index in [1.807, 2.05) is 0 Å². The fraction of sp³-hybridized carbons (Fsp3) is 0.688. The highest BCUT2D eigenvalue weighted by molar-refractivity contribution is 5.74. The molecule has 0 bridgehead atoms. The first-order chi connectivity index (χ1) is 10.0. The predicted octanol–water partition coefficient (Wildman–Crippen LogP) is 2.56. The molecular formula is C16H26O6. The van der Waals surface area contributed by atoms with Gasteiger partial charge in [0.25, 0.3) is 0 Å². The number of carbonyl (C=O) groups excluding carboxylic acids is 2. The molecule has 0 heterocycles. The molecule has 126 valence electrons. The van der Waals surface area contributed by atoms with Crippen LogP contribution in [0.3, 0.4) is 0 Å². The number of allylic oxidation sites excluding steroid dienone is 1. The van der Waals surface area contributed by atoms with Gasteiger partial charge in [0.2, 0.25) is 0 Å². The highest BCUT2D eigenvalue weighted by Gasteiger charge is 2.20. The van der Waals surface area contributed by atoms with Crippen LogP contribution in [-0.2, 0) is 23.9 Å². The van der Waals surface area contributed by atoms with Gasteiger partial charge in [-0.25, -0.2) is 0 Å². The predicted molar refractivity (Wildman–Crippen MR) is 81.1 cm³/mol. The van der Waals surface area contributed by atoms with E-state index in [0.29, 0.717) is 0 Å². The van der Waals surface area contributed by atoms with Crippen molar-refractivity contribution < 1.29 is 29.0 Å². The van der Waals surface area contributed by atoms with Crippen molar-refractivity contribution in [2.24, 2.45) is 11.8 Å². The first-order valence-corrected chi connectivity index (χ1v) is 7.25. The van der Waals surface area contributed by atoms with Gasteiger partial charge in [-0.1, -0.05) is 19.1 Å². The molecule has 0 aliphatic carbocycles. The van der Waals surface area contributed by atoms with Crippen LogP contribution in [0.1, 0.15) is 47.0 Å². The molecule has 0 spiro atoms. The fourth-order valence-corrected chi connectivity index (χ4v) is 1.71. The van der Waals surface area contributed by atoms with E-state index in [-0.39, 0.29) is 31.1 Å². The number of hydrogen-bond donors (Lipinski definition) is 1. The average Bonchev–Trinajstić information content (AvgIpc) is 2.35. The van der Waals surface area contributed by atoms with Crippen LogP contribution in [0.4, 0.5) is 0 Å². The van der Waals surface area contributed by atoms with Crippen molar-refractivity contribution in [3.05, 3.63) is 12.2 Å². The van der Waals surface area contributed by atoms with Crippen molar-refractivity contribution in [2.45, 2.75) is 52.6 Å². The summed E-state index contributed by atoms with van der Waals surface area (Å²) in [6.07, 6.45) is 3.55. The topological polar surface area (TPSA) is 89.9 Å². The Labute approximate surface area is 131 Å². The van der Waals surface area contributed by atoms with Crippen LogP contribution in [-0.4, -0.2) is 35.7 Å². The summed E-state index contributed by atoms with van der Waals surface area (Å²) < 4.78 is 9.69. The third kappa shape index (κ3) is 9.96. The van der Waals surface area contributed by atoms with Crippen LogP contribution in [0.15, 0.2) is 12.2 Å². The Bertz CT molecular complexity index is 419. The minimum Gasteiger partial charge on any atom is -0.481 e. The maximum absolute atomic E-state index is 11.6. The molecule has 0 unspecified atom stereocenters. The van der Waals surface area contributed by atoms with Gasteiger partial charge >= 0.3 is 17.9 Å². The van der Waals surface area contributed by atoms with E-state index in [4.69, 9.17) is 9.84 Å². The van der Waals surface area contributed by atoms with Gasteiger partial charge in [-0.05, 0) is 33.1 Å². The molecule has 0 saturated heterocycles. The van der Waals surface area contributed by atoms with Crippen LogP contribution >= 0.6 is 0 Å². The highest BCUT2D eigenvalue weighted by Crippen LogP contribution is 2.15. The molecule has 1 N–H and O–H groups in total. The lowest BCUT2D eigenvalue weighted by Crippen LogP contribution is -2.24. The molecule has 22 heavy (non-hydrogen) atoms. The van der Waals surface area contributed by atoms with Crippen molar-refractivity contribution in [3.8, 4) is 0 Å². The Kier molecular flexibility index (Phi) is 8.45. The zero-order chi connectivity index (χ0) is 17.3. The Morgan fingerprint density at radius 1 is 1.14 bits per heavy atom. The Balaban J connectivity index is 4.47. The fourth-order valence-electron chi connectivity index (χ4n) is 1.71. The van der Waals surface area contributed by atoms with Gasteiger partial charge in [0.1, 0.15) is 5.60 Å². The summed E-state index contributed by atoms with van der Waals surface area (Å²) in [6, 6.07) is 0. The quantitative estimate of drug-likeness (QED) is 0.547. The monoisotopic (exact) mass is 314 g/mol. The van der Waals surface area contributed by atoms with Gasteiger partial charge < -0.3 is 14.6 Å². The van der Waals surface area contributed by atoms with E-state index in [1.54, 1.807) is 33.8 Å². The average molecular weight is 314 g/mol. The summed E-state index contributed by atoms with van der Waals surface area (Å²) in [5.41, 5.74) is -0.583. The lowest BCUT2D eigenvalue weighted by molar-refractivity contribution is -0.155. The number of carboxylic acid groups (broad SMARTS) is 1. The van der Waals surface area contributed by atoms with Crippen LogP contribution in [0, 0.1) is 11.8 Å². The van der Waals surface area contributed by atoms with Crippen molar-refractivity contribution in [2.75, 3.05) is 7.11 Å². The molecule has 0 aromatic rings. The maximum atomic E-state index is 11.6. The number of methoxy groups -OCH3 is 1. The molecule has 6 nitrogen and oxygen atoms in total. The molecule has 6 heteroatoms. The minimum absolute atomic E-state index is 0.0317. The number of ether oxygens (including phenoxy) is 2. The van der Waals surface area contributed by atoms with Gasteiger partial charge in [0, 0.05) is 6.42 Å². The van der Waals surface area contributed by atoms with E-state index >= 15 is 0 Å². The largest absolute Gasteiger partial charge is 0.481 e. The summed E-state index contributed by atoms with van der Waals surface area (Å²) in [5.74, 6) is -2.69. The molecular weight excluding hydrogens is 288 g/mol. The van der Waals surface area contributed by atoms with Crippen molar-refractivity contribution >= 4 is 17.9 Å². The van der Waals surface area contributed by atoms with Crippen molar-refractivity contribution in [1.82, 2.24) is 0 Å². The lowest BCUT2D eigenvalue weighted by atomic mass is 9.99. The molecule has 0 aliphatic rings. The zero-order valence-corrected chi connectivity index (χ0v) is 13.9. The third-order valence-electron chi connectivity index (χ3n) is 2.78. The molecule has 0 aromatic carbocycles. The van der Waals surface area contributed by atoms with E-state index in [2.05, 4.69) is 4.74 Å². The second kappa shape index (κ2) is 9.23. The van der Waals surface area contributed by atoms with E-state index in [9.17, 15) is 14.4 Å². The number of esters is 2. The molecule has 0 amide bonds. The van der Waals surface area contributed by atoms with E-state index in [1.165, 1.54) is 13.2 Å². The molecule has 0 rings (SSSR count). The van der Waals surface area contributed by atoms with Crippen LogP contribution < -0.4 is 0 Å². The van der Waals surface area contributed by atoms with Gasteiger partial charge in [-0.15, -0.1) is 0 Å². The molecule has 0 aromatic heterocycles. The van der Waals surface area contributed by atoms with Gasteiger partial charge in [0.05, 0.1) is 19.4 Å². The summed E-state index contributed by atoms with van der Waals surface area (Å²) >= 11 is 0. The van der Waals surface area contributed by atoms with Crippen molar-refractivity contribution in [1.29, 1.82) is 0 Å². The second-order valence-electron chi connectivity index (χ2n) is 6.21. The first-order valence-electron chi connectivity index (χ1n) is 7.25. The molecule has 2 atom stereocenters. The van der Waals surface area contributed by atoms with Crippen LogP contribution in [0.5, 0.6) is 0 Å². The minimum atomic E-state index is -1.01. The van der Waals surface area contributed by atoms with Crippen molar-refractivity contribution in [3.63, 3.8) is 0 Å². The summed E-state index contributed by atoms with van der Waals surface area (Å²) in [4.78, 5) is 33.9. The van der Waals surface area contributed by atoms with Gasteiger partial charge in [-0.2, -0.15) is 0 Å². The standard InChI is InChI=1S/C16H26O6/c1-11(10-14(18)21-5)6-7-12(15(19)20)8-9-13(17)22-16(2,3)4/h6-7,11-12H,8-10H2,1-5H3,(H,19,20)/b7-6+/t11-,12-/m0/s1. The molecule has 0 aliphatic heterocycles. The third-order valence-corrected chi connectivity index (χ3v) is 2.78. The normalized spacial score (nSPS) is 14.4. The van der Waals surface area contributed by atoms with Gasteiger partial charge in [0.15, 0.2) is 0 Å². The number of hydrogen-bond acceptors (Lipinski definition) is 5. The zero-order valence-electron chi connectivity index (χ0n) is 13.9. The van der Waals surface area contributed by atoms with E-state index < -0.39 is 23.5 Å². The number of carbonyl (C=O) groups is 3. The Morgan fingerprint density at radius 2 is 1.73 bits per heavy atom. The van der Waals surface area contributed by atoms with E-state index in [0.717, 1.165) is 0 Å². The Morgan fingerprint density at radius 3 is 2.18 bits per heavy atom. The summed E-state index contributed by atoms with van der Waals surface area (Å²) in [7, 11) is 1.31. The van der Waals surface area contributed by atoms with Crippen LogP contribution in [0.2, 0.25) is 0 Å². The smallest absolute Gasteiger partial charge is 0.310 e. The molecule has 0 saturated carbocycles. The highest BCUT2D eigenvalue weighted by atomic mass is 16.6. The maximum Gasteiger partial charge on any atom is 0.310 e. The summed E-state index contributed by atoms with van der Waals surface area (Å²) in [5, 5.41) is 9.16. The number of aliphatic carboxylic acids is 1. The number of carboxylic acids is 1. The molecule has 0 fully saturated rings. The lowest BCUT2D eigenvalue weighted by Gasteiger charge is -2.19. The SMILES string of the molecule is COC(=O)C[C@@H](C)/C=C/[C@@H](CCC(=O)OC(C)(C)C)C(=O)O. The summed E-state index contributed by atoms with van der Waals surface area (Å²) in [6.45, 7) is 7.07. The van der Waals surface area contributed by atoms with Crippen LogP contribution in [0.25, 0.3) is 0 Å². The first kappa shape index (κ1) is 20.1. The number of rotatable bonds is 8. The Hall–Kier alpha value is -1.85. The van der Waals surface area contributed by atoms with Gasteiger partial charge in [-0.3, -0.25) is 14.4 Å².